The highest BCUT2D eigenvalue weighted by Gasteiger charge is 2.31. The lowest BCUT2D eigenvalue weighted by molar-refractivity contribution is 0.184. The van der Waals surface area contributed by atoms with Crippen LogP contribution in [0.4, 0.5) is 0 Å². The summed E-state index contributed by atoms with van der Waals surface area (Å²) in [5.74, 6) is 0.659. The number of nitrogens with one attached hydrogen (secondary N) is 1. The zero-order valence-corrected chi connectivity index (χ0v) is 10.6. The maximum absolute atomic E-state index is 6.44. The van der Waals surface area contributed by atoms with Crippen LogP contribution >= 0.6 is 11.6 Å². The molecule has 0 bridgehead atoms. The fraction of sp³-hybridized carbons (Fsp3) is 0.571. The van der Waals surface area contributed by atoms with Crippen LogP contribution in [0.3, 0.4) is 0 Å². The Morgan fingerprint density at radius 1 is 1.35 bits per heavy atom. The van der Waals surface area contributed by atoms with E-state index in [0.717, 1.165) is 26.2 Å². The minimum atomic E-state index is 0.190. The fourth-order valence-corrected chi connectivity index (χ4v) is 3.21. The van der Waals surface area contributed by atoms with E-state index < -0.39 is 0 Å². The summed E-state index contributed by atoms with van der Waals surface area (Å²) >= 11 is 6.44. The third-order valence-corrected chi connectivity index (χ3v) is 4.22. The lowest BCUT2D eigenvalue weighted by Crippen LogP contribution is -2.30. The van der Waals surface area contributed by atoms with Gasteiger partial charge >= 0.3 is 0 Å². The predicted octanol–water partition coefficient (Wildman–Crippen LogP) is 2.52. The molecule has 0 aromatic heterocycles. The molecule has 1 N–H and O–H groups in total. The number of fused-ring (bicyclic) bond motifs is 1. The Hall–Kier alpha value is -0.570. The molecule has 2 aliphatic rings. The molecule has 1 saturated heterocycles. The van der Waals surface area contributed by atoms with Gasteiger partial charge in [0.2, 0.25) is 0 Å². The first kappa shape index (κ1) is 11.5. The monoisotopic (exact) mass is 251 g/mol. The number of hydrogen-bond donors (Lipinski definition) is 1. The molecule has 0 radical (unpaired) electrons. The van der Waals surface area contributed by atoms with Gasteiger partial charge in [0.1, 0.15) is 0 Å². The molecular formula is C14H18ClNO. The lowest BCUT2D eigenvalue weighted by atomic mass is 10.1. The molecule has 3 heteroatoms. The summed E-state index contributed by atoms with van der Waals surface area (Å²) in [7, 11) is 0. The van der Waals surface area contributed by atoms with Crippen molar-refractivity contribution in [3.8, 4) is 0 Å². The van der Waals surface area contributed by atoms with E-state index >= 15 is 0 Å². The smallest absolute Gasteiger partial charge is 0.0571 e. The highest BCUT2D eigenvalue weighted by molar-refractivity contribution is 6.21. The molecule has 3 atom stereocenters. The first-order valence-electron chi connectivity index (χ1n) is 6.37. The molecule has 1 aliphatic heterocycles. The van der Waals surface area contributed by atoms with Gasteiger partial charge in [0.15, 0.2) is 0 Å². The van der Waals surface area contributed by atoms with Gasteiger partial charge in [-0.15, -0.1) is 11.6 Å². The SMILES string of the molecule is ClC1Cc2ccccc2C1NCC1CCOC1. The van der Waals surface area contributed by atoms with E-state index in [-0.39, 0.29) is 5.38 Å². The number of hydrogen-bond acceptors (Lipinski definition) is 2. The van der Waals surface area contributed by atoms with Crippen LogP contribution in [-0.2, 0) is 11.2 Å². The van der Waals surface area contributed by atoms with Crippen LogP contribution in [0, 0.1) is 5.92 Å². The Labute approximate surface area is 107 Å². The van der Waals surface area contributed by atoms with Crippen LogP contribution in [0.5, 0.6) is 0 Å². The van der Waals surface area contributed by atoms with Crippen LogP contribution < -0.4 is 5.32 Å². The summed E-state index contributed by atoms with van der Waals surface area (Å²) in [6, 6.07) is 8.89. The molecule has 1 aromatic rings. The van der Waals surface area contributed by atoms with E-state index in [1.54, 1.807) is 0 Å². The summed E-state index contributed by atoms with van der Waals surface area (Å²) < 4.78 is 5.40. The lowest BCUT2D eigenvalue weighted by Gasteiger charge is -2.19. The Bertz CT molecular complexity index is 390. The number of rotatable bonds is 3. The van der Waals surface area contributed by atoms with E-state index in [9.17, 15) is 0 Å². The highest BCUT2D eigenvalue weighted by atomic mass is 35.5. The predicted molar refractivity (Wildman–Crippen MR) is 69.5 cm³/mol. The van der Waals surface area contributed by atoms with E-state index in [2.05, 4.69) is 29.6 Å². The van der Waals surface area contributed by atoms with Gasteiger partial charge in [-0.2, -0.15) is 0 Å². The molecule has 1 aliphatic carbocycles. The molecule has 92 valence electrons. The molecule has 0 amide bonds. The van der Waals surface area contributed by atoms with Crippen molar-refractivity contribution in [1.29, 1.82) is 0 Å². The molecule has 1 heterocycles. The molecule has 1 aromatic carbocycles. The third kappa shape index (κ3) is 2.35. The molecule has 1 fully saturated rings. The van der Waals surface area contributed by atoms with Crippen molar-refractivity contribution in [2.75, 3.05) is 19.8 Å². The zero-order chi connectivity index (χ0) is 11.7. The highest BCUT2D eigenvalue weighted by Crippen LogP contribution is 2.34. The summed E-state index contributed by atoms with van der Waals surface area (Å²) in [4.78, 5) is 0. The summed E-state index contributed by atoms with van der Waals surface area (Å²) in [6.07, 6.45) is 2.16. The van der Waals surface area contributed by atoms with Gasteiger partial charge in [-0.1, -0.05) is 24.3 Å². The third-order valence-electron chi connectivity index (χ3n) is 3.82. The minimum Gasteiger partial charge on any atom is -0.381 e. The Balaban J connectivity index is 1.66. The van der Waals surface area contributed by atoms with E-state index in [1.165, 1.54) is 17.5 Å². The topological polar surface area (TPSA) is 21.3 Å². The standard InChI is InChI=1S/C14H18ClNO/c15-13-7-11-3-1-2-4-12(11)14(13)16-8-10-5-6-17-9-10/h1-4,10,13-14,16H,5-9H2. The largest absolute Gasteiger partial charge is 0.381 e. The van der Waals surface area contributed by atoms with Crippen molar-refractivity contribution < 1.29 is 4.74 Å². The first-order valence-corrected chi connectivity index (χ1v) is 6.81. The van der Waals surface area contributed by atoms with Crippen LogP contribution in [-0.4, -0.2) is 25.1 Å². The number of halogens is 1. The number of ether oxygens (including phenoxy) is 1. The van der Waals surface area contributed by atoms with Crippen LogP contribution in [0.15, 0.2) is 24.3 Å². The van der Waals surface area contributed by atoms with Gasteiger partial charge in [0.25, 0.3) is 0 Å². The molecule has 2 nitrogen and oxygen atoms in total. The average Bonchev–Trinajstić information content (AvgIpc) is 2.93. The summed E-state index contributed by atoms with van der Waals surface area (Å²) in [5, 5.41) is 3.81. The van der Waals surface area contributed by atoms with Gasteiger partial charge in [-0.05, 0) is 29.9 Å². The minimum absolute atomic E-state index is 0.190. The van der Waals surface area contributed by atoms with Crippen LogP contribution in [0.2, 0.25) is 0 Å². The van der Waals surface area contributed by atoms with Crippen molar-refractivity contribution >= 4 is 11.6 Å². The maximum atomic E-state index is 6.44. The quantitative estimate of drug-likeness (QED) is 0.834. The molecule has 0 saturated carbocycles. The summed E-state index contributed by atoms with van der Waals surface area (Å²) in [6.45, 7) is 2.83. The number of benzene rings is 1. The molecule has 17 heavy (non-hydrogen) atoms. The number of alkyl halides is 1. The second kappa shape index (κ2) is 4.97. The maximum Gasteiger partial charge on any atom is 0.0571 e. The van der Waals surface area contributed by atoms with E-state index in [0.29, 0.717) is 12.0 Å². The van der Waals surface area contributed by atoms with E-state index in [4.69, 9.17) is 16.3 Å². The molecular weight excluding hydrogens is 234 g/mol. The molecule has 3 unspecified atom stereocenters. The van der Waals surface area contributed by atoms with Crippen molar-refractivity contribution in [3.63, 3.8) is 0 Å². The first-order chi connectivity index (χ1) is 8.34. The average molecular weight is 252 g/mol. The van der Waals surface area contributed by atoms with Crippen molar-refractivity contribution in [2.45, 2.75) is 24.3 Å². The zero-order valence-electron chi connectivity index (χ0n) is 9.86. The summed E-state index contributed by atoms with van der Waals surface area (Å²) in [5.41, 5.74) is 2.78. The Kier molecular flexibility index (Phi) is 3.37. The molecule has 0 spiro atoms. The van der Waals surface area contributed by atoms with E-state index in [1.807, 2.05) is 0 Å². The Morgan fingerprint density at radius 2 is 2.24 bits per heavy atom. The second-order valence-electron chi connectivity index (χ2n) is 5.03. The Morgan fingerprint density at radius 3 is 3.06 bits per heavy atom. The second-order valence-corrected chi connectivity index (χ2v) is 5.60. The van der Waals surface area contributed by atoms with Crippen molar-refractivity contribution in [3.05, 3.63) is 35.4 Å². The van der Waals surface area contributed by atoms with Crippen molar-refractivity contribution in [1.82, 2.24) is 5.32 Å². The van der Waals surface area contributed by atoms with Crippen LogP contribution in [0.1, 0.15) is 23.6 Å². The van der Waals surface area contributed by atoms with Gasteiger partial charge in [0.05, 0.1) is 12.0 Å². The van der Waals surface area contributed by atoms with Crippen LogP contribution in [0.25, 0.3) is 0 Å². The normalized spacial score (nSPS) is 31.7. The van der Waals surface area contributed by atoms with Gasteiger partial charge < -0.3 is 10.1 Å². The van der Waals surface area contributed by atoms with Gasteiger partial charge in [-0.3, -0.25) is 0 Å². The van der Waals surface area contributed by atoms with Crippen molar-refractivity contribution in [2.24, 2.45) is 5.92 Å². The molecule has 3 rings (SSSR count). The fourth-order valence-electron chi connectivity index (χ4n) is 2.82. The van der Waals surface area contributed by atoms with Gasteiger partial charge in [-0.25, -0.2) is 0 Å². The van der Waals surface area contributed by atoms with Gasteiger partial charge in [0, 0.05) is 19.2 Å².